The van der Waals surface area contributed by atoms with Crippen LogP contribution in [0.4, 0.5) is 0 Å². The first kappa shape index (κ1) is 11.3. The largest absolute Gasteiger partial charge is 0.496 e. The third-order valence-corrected chi connectivity index (χ3v) is 1.96. The predicted octanol–water partition coefficient (Wildman–Crippen LogP) is 1.12. The SMILES string of the molecule is COc1cc(OC)c(CCC(=O)O)cn1. The standard InChI is InChI=1S/C10H13NO4/c1-14-8-5-9(15-2)11-6-7(8)3-4-10(12)13/h5-6H,3-4H2,1-2H3,(H,12,13). The fraction of sp³-hybridized carbons (Fsp3) is 0.400. The molecule has 0 bridgehead atoms. The van der Waals surface area contributed by atoms with Crippen LogP contribution in [0.3, 0.4) is 0 Å². The normalized spacial score (nSPS) is 9.73. The molecule has 0 spiro atoms. The second-order valence-corrected chi connectivity index (χ2v) is 2.93. The third-order valence-electron chi connectivity index (χ3n) is 1.96. The minimum absolute atomic E-state index is 0.0599. The summed E-state index contributed by atoms with van der Waals surface area (Å²) in [7, 11) is 3.04. The van der Waals surface area contributed by atoms with Crippen molar-refractivity contribution in [2.75, 3.05) is 14.2 Å². The number of pyridine rings is 1. The van der Waals surface area contributed by atoms with E-state index < -0.39 is 5.97 Å². The first-order valence-electron chi connectivity index (χ1n) is 4.46. The lowest BCUT2D eigenvalue weighted by Crippen LogP contribution is -2.01. The van der Waals surface area contributed by atoms with Crippen LogP contribution in [0.15, 0.2) is 12.3 Å². The number of nitrogens with zero attached hydrogens (tertiary/aromatic N) is 1. The number of aryl methyl sites for hydroxylation is 1. The molecule has 0 atom stereocenters. The van der Waals surface area contributed by atoms with Crippen LogP contribution in [0, 0.1) is 0 Å². The third kappa shape index (κ3) is 3.12. The molecule has 82 valence electrons. The molecule has 1 rings (SSSR count). The van der Waals surface area contributed by atoms with E-state index in [4.69, 9.17) is 14.6 Å². The second kappa shape index (κ2) is 5.19. The van der Waals surface area contributed by atoms with Crippen molar-refractivity contribution in [2.24, 2.45) is 0 Å². The quantitative estimate of drug-likeness (QED) is 0.790. The van der Waals surface area contributed by atoms with Gasteiger partial charge in [0.05, 0.1) is 14.2 Å². The lowest BCUT2D eigenvalue weighted by molar-refractivity contribution is -0.136. The molecular formula is C10H13NO4. The average molecular weight is 211 g/mol. The Balaban J connectivity index is 2.82. The Morgan fingerprint density at radius 3 is 2.73 bits per heavy atom. The summed E-state index contributed by atoms with van der Waals surface area (Å²) in [5.74, 6) is 0.210. The van der Waals surface area contributed by atoms with Crippen molar-refractivity contribution in [1.82, 2.24) is 4.98 Å². The van der Waals surface area contributed by atoms with E-state index in [9.17, 15) is 4.79 Å². The Morgan fingerprint density at radius 2 is 2.20 bits per heavy atom. The maximum Gasteiger partial charge on any atom is 0.303 e. The van der Waals surface area contributed by atoms with Crippen molar-refractivity contribution < 1.29 is 19.4 Å². The summed E-state index contributed by atoms with van der Waals surface area (Å²) in [5.41, 5.74) is 0.765. The van der Waals surface area contributed by atoms with Gasteiger partial charge in [0.2, 0.25) is 5.88 Å². The summed E-state index contributed by atoms with van der Waals surface area (Å²) in [6.07, 6.45) is 2.03. The summed E-state index contributed by atoms with van der Waals surface area (Å²) >= 11 is 0. The zero-order valence-corrected chi connectivity index (χ0v) is 8.69. The molecule has 0 radical (unpaired) electrons. The number of methoxy groups -OCH3 is 2. The number of carboxylic acids is 1. The molecular weight excluding hydrogens is 198 g/mol. The van der Waals surface area contributed by atoms with Crippen LogP contribution in [0.2, 0.25) is 0 Å². The van der Waals surface area contributed by atoms with Crippen molar-refractivity contribution in [3.05, 3.63) is 17.8 Å². The number of hydrogen-bond donors (Lipinski definition) is 1. The van der Waals surface area contributed by atoms with E-state index in [1.165, 1.54) is 14.2 Å². The molecule has 0 saturated carbocycles. The number of carboxylic acid groups (broad SMARTS) is 1. The van der Waals surface area contributed by atoms with E-state index in [-0.39, 0.29) is 6.42 Å². The molecule has 0 saturated heterocycles. The molecule has 0 unspecified atom stereocenters. The van der Waals surface area contributed by atoms with Crippen LogP contribution >= 0.6 is 0 Å². The van der Waals surface area contributed by atoms with Gasteiger partial charge in [0.1, 0.15) is 5.75 Å². The van der Waals surface area contributed by atoms with Crippen molar-refractivity contribution in [3.8, 4) is 11.6 Å². The topological polar surface area (TPSA) is 68.7 Å². The number of ether oxygens (including phenoxy) is 2. The highest BCUT2D eigenvalue weighted by molar-refractivity contribution is 5.67. The highest BCUT2D eigenvalue weighted by Crippen LogP contribution is 2.22. The van der Waals surface area contributed by atoms with Gasteiger partial charge in [0.15, 0.2) is 0 Å². The first-order chi connectivity index (χ1) is 7.17. The molecule has 5 heteroatoms. The Bertz CT molecular complexity index is 351. The number of aromatic nitrogens is 1. The molecule has 1 aromatic rings. The van der Waals surface area contributed by atoms with Gasteiger partial charge < -0.3 is 14.6 Å². The summed E-state index contributed by atoms with van der Waals surface area (Å²) in [5, 5.41) is 8.55. The predicted molar refractivity (Wildman–Crippen MR) is 53.3 cm³/mol. The van der Waals surface area contributed by atoms with Gasteiger partial charge in [-0.25, -0.2) is 4.98 Å². The summed E-state index contributed by atoms with van der Waals surface area (Å²) < 4.78 is 10.0. The lowest BCUT2D eigenvalue weighted by atomic mass is 10.1. The molecule has 0 amide bonds. The number of carbonyl (C=O) groups is 1. The van der Waals surface area contributed by atoms with Crippen molar-refractivity contribution >= 4 is 5.97 Å². The van der Waals surface area contributed by atoms with Crippen LogP contribution in [0.5, 0.6) is 11.6 Å². The number of rotatable bonds is 5. The van der Waals surface area contributed by atoms with Gasteiger partial charge in [-0.15, -0.1) is 0 Å². The molecule has 1 heterocycles. The minimum Gasteiger partial charge on any atom is -0.496 e. The van der Waals surface area contributed by atoms with Crippen LogP contribution in [0.25, 0.3) is 0 Å². The molecule has 0 fully saturated rings. The van der Waals surface area contributed by atoms with Crippen LogP contribution in [0.1, 0.15) is 12.0 Å². The van der Waals surface area contributed by atoms with E-state index in [0.717, 1.165) is 5.56 Å². The molecule has 1 N–H and O–H groups in total. The van der Waals surface area contributed by atoms with Gasteiger partial charge in [-0.1, -0.05) is 0 Å². The highest BCUT2D eigenvalue weighted by Gasteiger charge is 2.07. The highest BCUT2D eigenvalue weighted by atomic mass is 16.5. The van der Waals surface area contributed by atoms with Crippen LogP contribution in [-0.4, -0.2) is 30.3 Å². The molecule has 15 heavy (non-hydrogen) atoms. The monoisotopic (exact) mass is 211 g/mol. The average Bonchev–Trinajstić information content (AvgIpc) is 2.25. The van der Waals surface area contributed by atoms with E-state index in [0.29, 0.717) is 18.1 Å². The molecule has 0 aliphatic rings. The smallest absolute Gasteiger partial charge is 0.303 e. The van der Waals surface area contributed by atoms with Gasteiger partial charge in [-0.2, -0.15) is 0 Å². The number of aliphatic carboxylic acids is 1. The maximum atomic E-state index is 10.4. The van der Waals surface area contributed by atoms with Gasteiger partial charge >= 0.3 is 5.97 Å². The van der Waals surface area contributed by atoms with Gasteiger partial charge in [0.25, 0.3) is 0 Å². The Labute approximate surface area is 87.7 Å². The molecule has 5 nitrogen and oxygen atoms in total. The zero-order valence-electron chi connectivity index (χ0n) is 8.69. The van der Waals surface area contributed by atoms with Crippen molar-refractivity contribution in [3.63, 3.8) is 0 Å². The first-order valence-corrected chi connectivity index (χ1v) is 4.46. The summed E-state index contributed by atoms with van der Waals surface area (Å²) in [4.78, 5) is 14.4. The molecule has 1 aromatic heterocycles. The molecule has 0 aliphatic heterocycles. The van der Waals surface area contributed by atoms with Crippen molar-refractivity contribution in [1.29, 1.82) is 0 Å². The Hall–Kier alpha value is -1.78. The fourth-order valence-corrected chi connectivity index (χ4v) is 1.18. The van der Waals surface area contributed by atoms with Crippen LogP contribution < -0.4 is 9.47 Å². The zero-order chi connectivity index (χ0) is 11.3. The summed E-state index contributed by atoms with van der Waals surface area (Å²) in [6, 6.07) is 1.64. The van der Waals surface area contributed by atoms with E-state index in [2.05, 4.69) is 4.98 Å². The van der Waals surface area contributed by atoms with E-state index in [1.807, 2.05) is 0 Å². The molecule has 0 aliphatic carbocycles. The maximum absolute atomic E-state index is 10.4. The van der Waals surface area contributed by atoms with Gasteiger partial charge in [-0.05, 0) is 6.42 Å². The minimum atomic E-state index is -0.840. The van der Waals surface area contributed by atoms with Gasteiger partial charge in [-0.3, -0.25) is 4.79 Å². The van der Waals surface area contributed by atoms with Crippen molar-refractivity contribution in [2.45, 2.75) is 12.8 Å². The van der Waals surface area contributed by atoms with Crippen LogP contribution in [-0.2, 0) is 11.2 Å². The summed E-state index contributed by atoms with van der Waals surface area (Å²) in [6.45, 7) is 0. The second-order valence-electron chi connectivity index (χ2n) is 2.93. The Kier molecular flexibility index (Phi) is 3.91. The lowest BCUT2D eigenvalue weighted by Gasteiger charge is -2.08. The number of hydrogen-bond acceptors (Lipinski definition) is 4. The Morgan fingerprint density at radius 1 is 1.47 bits per heavy atom. The van der Waals surface area contributed by atoms with E-state index in [1.54, 1.807) is 12.3 Å². The van der Waals surface area contributed by atoms with Gasteiger partial charge in [0, 0.05) is 24.2 Å². The molecule has 0 aromatic carbocycles. The fourth-order valence-electron chi connectivity index (χ4n) is 1.18. The van der Waals surface area contributed by atoms with E-state index >= 15 is 0 Å².